The number of nitrogens with one attached hydrogen (secondary N) is 1. The van der Waals surface area contributed by atoms with Gasteiger partial charge in [-0.3, -0.25) is 9.59 Å². The third kappa shape index (κ3) is 7.03. The molecule has 0 unspecified atom stereocenters. The molecule has 1 amide bonds. The normalized spacial score (nSPS) is 10.7. The molecular weight excluding hydrogens is 242 g/mol. The third-order valence-electron chi connectivity index (χ3n) is 2.22. The first-order valence-electron chi connectivity index (χ1n) is 6.28. The first-order chi connectivity index (χ1) is 9.08. The van der Waals surface area contributed by atoms with Crippen LogP contribution in [-0.2, 0) is 14.3 Å². The number of esters is 1. The lowest BCUT2D eigenvalue weighted by Crippen LogP contribution is -2.25. The van der Waals surface area contributed by atoms with Crippen LogP contribution < -0.4 is 5.32 Å². The van der Waals surface area contributed by atoms with Crippen LogP contribution in [0.3, 0.4) is 0 Å². The van der Waals surface area contributed by atoms with E-state index in [1.807, 2.05) is 30.3 Å². The van der Waals surface area contributed by atoms with Crippen LogP contribution in [0.15, 0.2) is 36.4 Å². The largest absolute Gasteiger partial charge is 0.463 e. The zero-order valence-corrected chi connectivity index (χ0v) is 11.3. The summed E-state index contributed by atoms with van der Waals surface area (Å²) >= 11 is 0. The second-order valence-electron chi connectivity index (χ2n) is 4.32. The van der Waals surface area contributed by atoms with E-state index in [2.05, 4.69) is 5.32 Å². The zero-order valence-electron chi connectivity index (χ0n) is 11.3. The molecule has 0 aromatic heterocycles. The molecule has 0 atom stereocenters. The molecule has 0 saturated heterocycles. The lowest BCUT2D eigenvalue weighted by Gasteiger charge is -2.07. The summed E-state index contributed by atoms with van der Waals surface area (Å²) in [4.78, 5) is 22.7. The van der Waals surface area contributed by atoms with Gasteiger partial charge in [-0.05, 0) is 25.5 Å². The molecule has 1 aromatic rings. The lowest BCUT2D eigenvalue weighted by atomic mass is 10.2. The highest BCUT2D eigenvalue weighted by atomic mass is 16.5. The van der Waals surface area contributed by atoms with Gasteiger partial charge in [-0.2, -0.15) is 0 Å². The maximum atomic E-state index is 11.5. The van der Waals surface area contributed by atoms with Crippen molar-refractivity contribution >= 4 is 18.0 Å². The van der Waals surface area contributed by atoms with Crippen molar-refractivity contribution < 1.29 is 14.3 Å². The Labute approximate surface area is 113 Å². The van der Waals surface area contributed by atoms with Crippen LogP contribution in [0.25, 0.3) is 6.08 Å². The Morgan fingerprint density at radius 3 is 2.58 bits per heavy atom. The molecule has 0 spiro atoms. The first kappa shape index (κ1) is 15.0. The number of amides is 1. The Hall–Kier alpha value is -2.10. The summed E-state index contributed by atoms with van der Waals surface area (Å²) in [5.41, 5.74) is 0.955. The molecule has 1 aromatic carbocycles. The zero-order chi connectivity index (χ0) is 14.1. The second-order valence-corrected chi connectivity index (χ2v) is 4.32. The van der Waals surface area contributed by atoms with Crippen molar-refractivity contribution in [1.29, 1.82) is 0 Å². The quantitative estimate of drug-likeness (QED) is 0.630. The smallest absolute Gasteiger partial charge is 0.307 e. The van der Waals surface area contributed by atoms with Crippen molar-refractivity contribution in [2.24, 2.45) is 0 Å². The third-order valence-corrected chi connectivity index (χ3v) is 2.22. The van der Waals surface area contributed by atoms with Crippen LogP contribution in [0.4, 0.5) is 0 Å². The Morgan fingerprint density at radius 1 is 1.26 bits per heavy atom. The van der Waals surface area contributed by atoms with E-state index in [0.717, 1.165) is 5.56 Å². The average molecular weight is 261 g/mol. The Kier molecular flexibility index (Phi) is 6.36. The summed E-state index contributed by atoms with van der Waals surface area (Å²) in [6, 6.07) is 9.53. The average Bonchev–Trinajstić information content (AvgIpc) is 2.36. The molecule has 0 aliphatic rings. The summed E-state index contributed by atoms with van der Waals surface area (Å²) in [6.45, 7) is 3.86. The number of hydrogen-bond donors (Lipinski definition) is 1. The minimum absolute atomic E-state index is 0.124. The van der Waals surface area contributed by atoms with E-state index in [-0.39, 0.29) is 30.9 Å². The van der Waals surface area contributed by atoms with E-state index in [0.29, 0.717) is 0 Å². The van der Waals surface area contributed by atoms with Gasteiger partial charge >= 0.3 is 5.97 Å². The molecule has 19 heavy (non-hydrogen) atoms. The van der Waals surface area contributed by atoms with Crippen LogP contribution in [0.1, 0.15) is 25.8 Å². The first-order valence-corrected chi connectivity index (χ1v) is 6.28. The van der Waals surface area contributed by atoms with Crippen molar-refractivity contribution in [3.05, 3.63) is 42.0 Å². The Balaban J connectivity index is 2.25. The molecule has 4 nitrogen and oxygen atoms in total. The van der Waals surface area contributed by atoms with Gasteiger partial charge in [-0.25, -0.2) is 0 Å². The van der Waals surface area contributed by atoms with E-state index >= 15 is 0 Å². The molecule has 0 fully saturated rings. The van der Waals surface area contributed by atoms with Crippen LogP contribution in [0, 0.1) is 0 Å². The molecule has 0 aliphatic heterocycles. The fourth-order valence-corrected chi connectivity index (χ4v) is 1.40. The minimum atomic E-state index is -0.303. The fraction of sp³-hybridized carbons (Fsp3) is 0.333. The van der Waals surface area contributed by atoms with E-state index in [4.69, 9.17) is 4.74 Å². The van der Waals surface area contributed by atoms with Gasteiger partial charge in [-0.15, -0.1) is 0 Å². The van der Waals surface area contributed by atoms with Gasteiger partial charge in [-0.1, -0.05) is 30.3 Å². The molecule has 1 rings (SSSR count). The van der Waals surface area contributed by atoms with Crippen LogP contribution in [0.5, 0.6) is 0 Å². The molecule has 1 N–H and O–H groups in total. The molecule has 0 radical (unpaired) electrons. The van der Waals surface area contributed by atoms with Crippen molar-refractivity contribution in [2.45, 2.75) is 26.4 Å². The molecule has 0 heterocycles. The van der Waals surface area contributed by atoms with E-state index in [1.165, 1.54) is 6.08 Å². The predicted molar refractivity (Wildman–Crippen MR) is 74.3 cm³/mol. The van der Waals surface area contributed by atoms with Crippen molar-refractivity contribution in [3.8, 4) is 0 Å². The van der Waals surface area contributed by atoms with Crippen LogP contribution in [-0.4, -0.2) is 24.5 Å². The SMILES string of the molecule is CC(C)OC(=O)CCNC(=O)/C=C/c1ccccc1. The highest BCUT2D eigenvalue weighted by Crippen LogP contribution is 2.00. The standard InChI is InChI=1S/C15H19NO3/c1-12(2)19-15(18)10-11-16-14(17)9-8-13-6-4-3-5-7-13/h3-9,12H,10-11H2,1-2H3,(H,16,17)/b9-8+. The maximum Gasteiger partial charge on any atom is 0.307 e. The molecule has 0 bridgehead atoms. The van der Waals surface area contributed by atoms with Crippen molar-refractivity contribution in [1.82, 2.24) is 5.32 Å². The summed E-state index contributed by atoms with van der Waals surface area (Å²) in [7, 11) is 0. The van der Waals surface area contributed by atoms with Crippen LogP contribution in [0.2, 0.25) is 0 Å². The minimum Gasteiger partial charge on any atom is -0.463 e. The van der Waals surface area contributed by atoms with Crippen molar-refractivity contribution in [2.75, 3.05) is 6.54 Å². The molecule has 102 valence electrons. The summed E-state index contributed by atoms with van der Waals surface area (Å²) in [6.07, 6.45) is 3.23. The van der Waals surface area contributed by atoms with Crippen LogP contribution >= 0.6 is 0 Å². The fourth-order valence-electron chi connectivity index (χ4n) is 1.40. The summed E-state index contributed by atoms with van der Waals surface area (Å²) in [5, 5.41) is 2.63. The van der Waals surface area contributed by atoms with Crippen molar-refractivity contribution in [3.63, 3.8) is 0 Å². The van der Waals surface area contributed by atoms with Gasteiger partial charge in [0.1, 0.15) is 0 Å². The monoisotopic (exact) mass is 261 g/mol. The lowest BCUT2D eigenvalue weighted by molar-refractivity contribution is -0.147. The molecule has 0 saturated carbocycles. The topological polar surface area (TPSA) is 55.4 Å². The number of benzene rings is 1. The van der Waals surface area contributed by atoms with Gasteiger partial charge in [0.15, 0.2) is 0 Å². The Bertz CT molecular complexity index is 438. The highest BCUT2D eigenvalue weighted by Gasteiger charge is 2.05. The molecule has 4 heteroatoms. The van der Waals surface area contributed by atoms with E-state index < -0.39 is 0 Å². The summed E-state index contributed by atoms with van der Waals surface area (Å²) < 4.78 is 4.95. The van der Waals surface area contributed by atoms with Gasteiger partial charge in [0.05, 0.1) is 12.5 Å². The number of ether oxygens (including phenoxy) is 1. The van der Waals surface area contributed by atoms with Gasteiger partial charge in [0.25, 0.3) is 0 Å². The number of carbonyl (C=O) groups is 2. The molecule has 0 aliphatic carbocycles. The van der Waals surface area contributed by atoms with E-state index in [1.54, 1.807) is 19.9 Å². The van der Waals surface area contributed by atoms with Gasteiger partial charge < -0.3 is 10.1 Å². The Morgan fingerprint density at radius 2 is 1.95 bits per heavy atom. The number of carbonyl (C=O) groups excluding carboxylic acids is 2. The summed E-state index contributed by atoms with van der Waals surface area (Å²) in [5.74, 6) is -0.525. The predicted octanol–water partition coefficient (Wildman–Crippen LogP) is 2.16. The highest BCUT2D eigenvalue weighted by molar-refractivity contribution is 5.91. The van der Waals surface area contributed by atoms with Gasteiger partial charge in [0, 0.05) is 12.6 Å². The number of rotatable bonds is 6. The number of hydrogen-bond acceptors (Lipinski definition) is 3. The second kappa shape index (κ2) is 8.08. The van der Waals surface area contributed by atoms with Gasteiger partial charge in [0.2, 0.25) is 5.91 Å². The van der Waals surface area contributed by atoms with E-state index in [9.17, 15) is 9.59 Å². The maximum absolute atomic E-state index is 11.5. The molecular formula is C15H19NO3.